The minimum atomic E-state index is -0.327. The molecule has 0 unspecified atom stereocenters. The molecule has 0 spiro atoms. The van der Waals surface area contributed by atoms with Crippen molar-refractivity contribution in [1.29, 1.82) is 0 Å². The van der Waals surface area contributed by atoms with Gasteiger partial charge in [-0.2, -0.15) is 4.98 Å². The maximum atomic E-state index is 11.4. The van der Waals surface area contributed by atoms with Crippen molar-refractivity contribution in [3.8, 4) is 5.88 Å². The third kappa shape index (κ3) is 2.38. The van der Waals surface area contributed by atoms with Gasteiger partial charge < -0.3 is 10.1 Å². The normalized spacial score (nSPS) is 10.3. The summed E-state index contributed by atoms with van der Waals surface area (Å²) in [5.74, 6) is 0.194. The lowest BCUT2D eigenvalue weighted by Gasteiger charge is -2.02. The molecule has 2 aromatic heterocycles. The van der Waals surface area contributed by atoms with E-state index >= 15 is 0 Å². The molecule has 82 valence electrons. The van der Waals surface area contributed by atoms with Gasteiger partial charge in [-0.1, -0.05) is 6.07 Å². The summed E-state index contributed by atoms with van der Waals surface area (Å²) in [6.07, 6.45) is 3.80. The first-order chi connectivity index (χ1) is 7.66. The highest BCUT2D eigenvalue weighted by atomic mass is 127. The number of H-pyrrole nitrogens is 1. The second-order valence-corrected chi connectivity index (χ2v) is 4.27. The Balaban J connectivity index is 2.33. The van der Waals surface area contributed by atoms with E-state index in [-0.39, 0.29) is 15.0 Å². The van der Waals surface area contributed by atoms with Gasteiger partial charge in [-0.3, -0.25) is 9.78 Å². The summed E-state index contributed by atoms with van der Waals surface area (Å²) in [7, 11) is 0. The van der Waals surface area contributed by atoms with Crippen molar-refractivity contribution < 1.29 is 5.11 Å². The number of aromatic hydroxyl groups is 1. The molecule has 2 N–H and O–H groups in total. The van der Waals surface area contributed by atoms with Crippen molar-refractivity contribution in [2.45, 2.75) is 6.42 Å². The standard InChI is InChI=1S/C10H8IN3O2/c11-8-9(15)13-7(14-10(8)16)4-6-2-1-3-12-5-6/h1-3,5H,4H2,(H2,13,14,15,16). The van der Waals surface area contributed by atoms with E-state index in [1.54, 1.807) is 41.1 Å². The number of nitrogens with zero attached hydrogens (tertiary/aromatic N) is 2. The molecule has 2 rings (SSSR count). The lowest BCUT2D eigenvalue weighted by atomic mass is 10.2. The Morgan fingerprint density at radius 2 is 2.31 bits per heavy atom. The molecule has 0 amide bonds. The van der Waals surface area contributed by atoms with Crippen LogP contribution in [0.3, 0.4) is 0 Å². The van der Waals surface area contributed by atoms with E-state index in [2.05, 4.69) is 15.0 Å². The summed E-state index contributed by atoms with van der Waals surface area (Å²) in [5, 5.41) is 9.40. The van der Waals surface area contributed by atoms with E-state index in [4.69, 9.17) is 0 Å². The Bertz CT molecular complexity index is 554. The summed E-state index contributed by atoms with van der Waals surface area (Å²) in [4.78, 5) is 21.8. The summed E-state index contributed by atoms with van der Waals surface area (Å²) in [6.45, 7) is 0. The molecule has 6 heteroatoms. The Morgan fingerprint density at radius 3 is 2.94 bits per heavy atom. The molecule has 0 saturated heterocycles. The van der Waals surface area contributed by atoms with Crippen LogP contribution in [0.1, 0.15) is 11.4 Å². The van der Waals surface area contributed by atoms with Crippen LogP contribution in [0, 0.1) is 3.57 Å². The molecule has 0 aliphatic rings. The van der Waals surface area contributed by atoms with Crippen molar-refractivity contribution in [2.24, 2.45) is 0 Å². The number of nitrogens with one attached hydrogen (secondary N) is 1. The average molecular weight is 329 g/mol. The minimum Gasteiger partial charge on any atom is -0.492 e. The van der Waals surface area contributed by atoms with Crippen molar-refractivity contribution in [1.82, 2.24) is 15.0 Å². The molecule has 16 heavy (non-hydrogen) atoms. The van der Waals surface area contributed by atoms with E-state index in [0.29, 0.717) is 12.2 Å². The van der Waals surface area contributed by atoms with Gasteiger partial charge in [0.15, 0.2) is 0 Å². The van der Waals surface area contributed by atoms with Crippen molar-refractivity contribution in [3.05, 3.63) is 49.8 Å². The van der Waals surface area contributed by atoms with E-state index in [1.165, 1.54) is 0 Å². The van der Waals surface area contributed by atoms with Gasteiger partial charge in [-0.15, -0.1) is 0 Å². The van der Waals surface area contributed by atoms with Crippen LogP contribution in [0.2, 0.25) is 0 Å². The summed E-state index contributed by atoms with van der Waals surface area (Å²) in [5.41, 5.74) is 0.596. The molecule has 0 fully saturated rings. The SMILES string of the molecule is O=c1[nH]c(Cc2cccnc2)nc(O)c1I. The maximum Gasteiger partial charge on any atom is 0.268 e. The van der Waals surface area contributed by atoms with Crippen LogP contribution < -0.4 is 5.56 Å². The average Bonchev–Trinajstić information content (AvgIpc) is 2.27. The molecule has 2 heterocycles. The predicted molar refractivity (Wildman–Crippen MR) is 66.3 cm³/mol. The van der Waals surface area contributed by atoms with E-state index in [0.717, 1.165) is 5.56 Å². The van der Waals surface area contributed by atoms with Gasteiger partial charge in [0.05, 0.1) is 0 Å². The largest absolute Gasteiger partial charge is 0.492 e. The second-order valence-electron chi connectivity index (χ2n) is 3.19. The van der Waals surface area contributed by atoms with Gasteiger partial charge in [-0.05, 0) is 34.2 Å². The molecule has 5 nitrogen and oxygen atoms in total. The highest BCUT2D eigenvalue weighted by Crippen LogP contribution is 2.12. The quantitative estimate of drug-likeness (QED) is 0.808. The van der Waals surface area contributed by atoms with Crippen LogP contribution in [0.4, 0.5) is 0 Å². The van der Waals surface area contributed by atoms with Crippen molar-refractivity contribution >= 4 is 22.6 Å². The Morgan fingerprint density at radius 1 is 1.50 bits per heavy atom. The molecular formula is C10H8IN3O2. The number of aromatic amines is 1. The molecule has 0 saturated carbocycles. The predicted octanol–water partition coefficient (Wildman–Crippen LogP) is 1.07. The smallest absolute Gasteiger partial charge is 0.268 e. The van der Waals surface area contributed by atoms with Crippen LogP contribution in [0.15, 0.2) is 29.3 Å². The van der Waals surface area contributed by atoms with Crippen LogP contribution >= 0.6 is 22.6 Å². The topological polar surface area (TPSA) is 78.9 Å². The number of aromatic nitrogens is 3. The van der Waals surface area contributed by atoms with Gasteiger partial charge in [0.2, 0.25) is 5.88 Å². The lowest BCUT2D eigenvalue weighted by molar-refractivity contribution is 0.443. The molecule has 0 atom stereocenters. The molecule has 0 radical (unpaired) electrons. The lowest BCUT2D eigenvalue weighted by Crippen LogP contribution is -2.14. The monoisotopic (exact) mass is 329 g/mol. The Labute approximate surface area is 105 Å². The van der Waals surface area contributed by atoms with Gasteiger partial charge >= 0.3 is 0 Å². The third-order valence-electron chi connectivity index (χ3n) is 1.99. The molecule has 0 aliphatic heterocycles. The van der Waals surface area contributed by atoms with Crippen molar-refractivity contribution in [3.63, 3.8) is 0 Å². The fraction of sp³-hybridized carbons (Fsp3) is 0.100. The molecule has 0 aliphatic carbocycles. The summed E-state index contributed by atoms with van der Waals surface area (Å²) < 4.78 is 0.201. The first kappa shape index (κ1) is 11.1. The summed E-state index contributed by atoms with van der Waals surface area (Å²) in [6, 6.07) is 3.68. The molecule has 0 aromatic carbocycles. The fourth-order valence-electron chi connectivity index (χ4n) is 1.27. The van der Waals surface area contributed by atoms with Gasteiger partial charge in [-0.25, -0.2) is 0 Å². The number of hydrogen-bond acceptors (Lipinski definition) is 4. The molecular weight excluding hydrogens is 321 g/mol. The zero-order valence-corrected chi connectivity index (χ0v) is 10.3. The number of halogens is 1. The fourth-order valence-corrected chi connectivity index (χ4v) is 1.53. The third-order valence-corrected chi connectivity index (χ3v) is 2.96. The van der Waals surface area contributed by atoms with Gasteiger partial charge in [0.1, 0.15) is 9.39 Å². The number of rotatable bonds is 2. The first-order valence-corrected chi connectivity index (χ1v) is 5.61. The second kappa shape index (κ2) is 4.60. The van der Waals surface area contributed by atoms with Crippen molar-refractivity contribution in [2.75, 3.05) is 0 Å². The van der Waals surface area contributed by atoms with Crippen LogP contribution in [0.25, 0.3) is 0 Å². The summed E-state index contributed by atoms with van der Waals surface area (Å²) >= 11 is 1.75. The zero-order chi connectivity index (χ0) is 11.5. The zero-order valence-electron chi connectivity index (χ0n) is 8.14. The highest BCUT2D eigenvalue weighted by Gasteiger charge is 2.07. The number of pyridine rings is 1. The maximum absolute atomic E-state index is 11.4. The van der Waals surface area contributed by atoms with E-state index < -0.39 is 0 Å². The van der Waals surface area contributed by atoms with Crippen LogP contribution in [0.5, 0.6) is 5.88 Å². The molecule has 0 bridgehead atoms. The van der Waals surface area contributed by atoms with Gasteiger partial charge in [0.25, 0.3) is 5.56 Å². The molecule has 2 aromatic rings. The first-order valence-electron chi connectivity index (χ1n) is 4.53. The highest BCUT2D eigenvalue weighted by molar-refractivity contribution is 14.1. The van der Waals surface area contributed by atoms with Gasteiger partial charge in [0, 0.05) is 18.8 Å². The Hall–Kier alpha value is -1.44. The van der Waals surface area contributed by atoms with E-state index in [1.807, 2.05) is 6.07 Å². The van der Waals surface area contributed by atoms with Crippen LogP contribution in [-0.4, -0.2) is 20.1 Å². The van der Waals surface area contributed by atoms with Crippen LogP contribution in [-0.2, 0) is 6.42 Å². The number of hydrogen-bond donors (Lipinski definition) is 2. The minimum absolute atomic E-state index is 0.201. The Kier molecular flexibility index (Phi) is 3.18. The van der Waals surface area contributed by atoms with E-state index in [9.17, 15) is 9.90 Å².